The Bertz CT molecular complexity index is 90.4. The van der Waals surface area contributed by atoms with Gasteiger partial charge >= 0.3 is 0 Å². The Kier molecular flexibility index (Phi) is 5.93. The number of hydrogen-bond donors (Lipinski definition) is 0. The van der Waals surface area contributed by atoms with E-state index >= 15 is 0 Å². The average molecular weight is 185 g/mol. The van der Waals surface area contributed by atoms with E-state index in [0.29, 0.717) is 0 Å². The lowest BCUT2D eigenvalue weighted by atomic mass is 9.89. The fraction of sp³-hybridized carbons (Fsp3) is 0.909. The highest BCUT2D eigenvalue weighted by atomic mass is 32.2. The highest BCUT2D eigenvalue weighted by molar-refractivity contribution is 7.98. The van der Waals surface area contributed by atoms with Crippen molar-refractivity contribution >= 4 is 11.8 Å². The molecule has 1 saturated carbocycles. The third kappa shape index (κ3) is 4.39. The minimum Gasteiger partial charge on any atom is -0.165 e. The topological polar surface area (TPSA) is 0 Å². The third-order valence-electron chi connectivity index (χ3n) is 2.72. The van der Waals surface area contributed by atoms with Gasteiger partial charge in [-0.05, 0) is 37.2 Å². The summed E-state index contributed by atoms with van der Waals surface area (Å²) in [6, 6.07) is 0. The van der Waals surface area contributed by atoms with Crippen LogP contribution in [0, 0.1) is 5.92 Å². The van der Waals surface area contributed by atoms with E-state index in [-0.39, 0.29) is 0 Å². The monoisotopic (exact) mass is 185 g/mol. The zero-order valence-electron chi connectivity index (χ0n) is 8.27. The molecule has 0 unspecified atom stereocenters. The fourth-order valence-corrected chi connectivity index (χ4v) is 2.39. The first-order valence-electron chi connectivity index (χ1n) is 5.26. The Balaban J connectivity index is 2.11. The summed E-state index contributed by atoms with van der Waals surface area (Å²) in [7, 11) is 0. The molecule has 1 aliphatic carbocycles. The van der Waals surface area contributed by atoms with Gasteiger partial charge in [0.1, 0.15) is 0 Å². The van der Waals surface area contributed by atoms with Crippen LogP contribution in [0.5, 0.6) is 0 Å². The first kappa shape index (κ1) is 10.4. The molecule has 0 spiro atoms. The number of thioether (sulfide) groups is 1. The lowest BCUT2D eigenvalue weighted by molar-refractivity contribution is 0.513. The molecule has 0 amide bonds. The highest BCUT2D eigenvalue weighted by Crippen LogP contribution is 2.27. The van der Waals surface area contributed by atoms with Crippen LogP contribution in [0.2, 0.25) is 0 Å². The van der Waals surface area contributed by atoms with Gasteiger partial charge in [0.2, 0.25) is 0 Å². The Morgan fingerprint density at radius 1 is 1.00 bits per heavy atom. The van der Waals surface area contributed by atoms with E-state index in [1.165, 1.54) is 57.1 Å². The van der Waals surface area contributed by atoms with Crippen LogP contribution in [0.15, 0.2) is 0 Å². The minimum absolute atomic E-state index is 1.34. The molecule has 0 aromatic heterocycles. The Morgan fingerprint density at radius 2 is 1.58 bits per heavy atom. The maximum atomic E-state index is 2.21. The maximum absolute atomic E-state index is 2.21. The highest BCUT2D eigenvalue weighted by Gasteiger charge is 2.10. The molecule has 0 bridgehead atoms. The van der Waals surface area contributed by atoms with Gasteiger partial charge in [-0.3, -0.25) is 0 Å². The van der Waals surface area contributed by atoms with Crippen LogP contribution < -0.4 is 0 Å². The molecule has 0 nitrogen and oxygen atoms in total. The molecule has 0 N–H and O–H groups in total. The van der Waals surface area contributed by atoms with Crippen LogP contribution in [-0.2, 0) is 0 Å². The molecule has 12 heavy (non-hydrogen) atoms. The third-order valence-corrected chi connectivity index (χ3v) is 3.33. The van der Waals surface area contributed by atoms with E-state index in [1.54, 1.807) is 0 Å². The van der Waals surface area contributed by atoms with Gasteiger partial charge in [0.25, 0.3) is 0 Å². The Labute approximate surface area is 81.5 Å². The van der Waals surface area contributed by atoms with E-state index < -0.39 is 0 Å². The largest absolute Gasteiger partial charge is 0.165 e. The lowest BCUT2D eigenvalue weighted by Gasteiger charge is -2.18. The van der Waals surface area contributed by atoms with Crippen LogP contribution in [0.1, 0.15) is 51.4 Å². The molecule has 0 atom stereocenters. The molecule has 1 heteroatoms. The van der Waals surface area contributed by atoms with E-state index in [1.807, 2.05) is 17.7 Å². The summed E-state index contributed by atoms with van der Waals surface area (Å²) in [4.78, 5) is 0. The smallest absolute Gasteiger partial charge is 0.00648 e. The van der Waals surface area contributed by atoms with Crippen molar-refractivity contribution < 1.29 is 0 Å². The van der Waals surface area contributed by atoms with E-state index in [0.717, 1.165) is 0 Å². The molecule has 0 aromatic rings. The summed E-state index contributed by atoms with van der Waals surface area (Å²) in [5.74, 6) is 3.19. The lowest BCUT2D eigenvalue weighted by Crippen LogP contribution is -2.02. The summed E-state index contributed by atoms with van der Waals surface area (Å²) >= 11 is 1.99. The summed E-state index contributed by atoms with van der Waals surface area (Å²) < 4.78 is 0. The molecular formula is C11H21S. The fourth-order valence-electron chi connectivity index (χ4n) is 1.90. The molecule has 1 aliphatic rings. The summed E-state index contributed by atoms with van der Waals surface area (Å²) in [5, 5.41) is 0. The van der Waals surface area contributed by atoms with Gasteiger partial charge in [0.15, 0.2) is 0 Å². The van der Waals surface area contributed by atoms with Crippen molar-refractivity contribution in [3.8, 4) is 0 Å². The van der Waals surface area contributed by atoms with Gasteiger partial charge in [-0.1, -0.05) is 32.1 Å². The molecule has 0 heterocycles. The minimum atomic E-state index is 1.34. The molecular weight excluding hydrogens is 164 g/mol. The second-order valence-electron chi connectivity index (χ2n) is 3.76. The van der Waals surface area contributed by atoms with E-state index in [9.17, 15) is 0 Å². The van der Waals surface area contributed by atoms with E-state index in [4.69, 9.17) is 0 Å². The maximum Gasteiger partial charge on any atom is -0.00648 e. The second-order valence-corrected chi connectivity index (χ2v) is 4.75. The number of rotatable bonds is 3. The average Bonchev–Trinajstić information content (AvgIpc) is 2.02. The van der Waals surface area contributed by atoms with Crippen molar-refractivity contribution in [3.63, 3.8) is 0 Å². The second kappa shape index (κ2) is 6.82. The normalized spacial score (nSPS) is 21.8. The molecule has 1 fully saturated rings. The molecule has 1 radical (unpaired) electrons. The Hall–Kier alpha value is 0.350. The molecule has 0 saturated heterocycles. The standard InChI is InChI=1S/C11H21S/c1-12-10-9-11-7-5-3-2-4-6-8-11/h2-10H2,1H3. The zero-order chi connectivity index (χ0) is 8.65. The van der Waals surface area contributed by atoms with Gasteiger partial charge in [-0.2, -0.15) is 11.8 Å². The van der Waals surface area contributed by atoms with Crippen LogP contribution in [0.3, 0.4) is 0 Å². The van der Waals surface area contributed by atoms with Gasteiger partial charge in [0, 0.05) is 0 Å². The van der Waals surface area contributed by atoms with Crippen molar-refractivity contribution in [1.82, 2.24) is 0 Å². The zero-order valence-corrected chi connectivity index (χ0v) is 9.09. The van der Waals surface area contributed by atoms with Crippen molar-refractivity contribution in [3.05, 3.63) is 5.92 Å². The van der Waals surface area contributed by atoms with Crippen LogP contribution in [0.25, 0.3) is 0 Å². The Morgan fingerprint density at radius 3 is 2.17 bits per heavy atom. The van der Waals surface area contributed by atoms with Crippen LogP contribution in [0.4, 0.5) is 0 Å². The summed E-state index contributed by atoms with van der Waals surface area (Å²) in [5.41, 5.74) is 0. The quantitative estimate of drug-likeness (QED) is 0.639. The van der Waals surface area contributed by atoms with Gasteiger partial charge in [-0.25, -0.2) is 0 Å². The first-order valence-corrected chi connectivity index (χ1v) is 6.65. The predicted octanol–water partition coefficient (Wildman–Crippen LogP) is 4.06. The molecule has 0 aliphatic heterocycles. The number of hydrogen-bond acceptors (Lipinski definition) is 1. The van der Waals surface area contributed by atoms with Crippen LogP contribution in [-0.4, -0.2) is 12.0 Å². The first-order chi connectivity index (χ1) is 5.93. The van der Waals surface area contributed by atoms with Gasteiger partial charge in [0.05, 0.1) is 0 Å². The van der Waals surface area contributed by atoms with Crippen LogP contribution >= 0.6 is 11.8 Å². The summed E-state index contributed by atoms with van der Waals surface area (Å²) in [6.07, 6.45) is 13.8. The van der Waals surface area contributed by atoms with Crippen molar-refractivity contribution in [2.24, 2.45) is 0 Å². The predicted molar refractivity (Wildman–Crippen MR) is 58.6 cm³/mol. The SMILES string of the molecule is CSCC[C]1CCCCCCC1. The van der Waals surface area contributed by atoms with Crippen molar-refractivity contribution in [2.75, 3.05) is 12.0 Å². The van der Waals surface area contributed by atoms with Crippen molar-refractivity contribution in [2.45, 2.75) is 51.4 Å². The van der Waals surface area contributed by atoms with E-state index in [2.05, 4.69) is 6.26 Å². The summed E-state index contributed by atoms with van der Waals surface area (Å²) in [6.45, 7) is 0. The van der Waals surface area contributed by atoms with Gasteiger partial charge in [-0.15, -0.1) is 0 Å². The molecule has 71 valence electrons. The molecule has 0 aromatic carbocycles. The van der Waals surface area contributed by atoms with Crippen molar-refractivity contribution in [1.29, 1.82) is 0 Å². The molecule has 1 rings (SSSR count). The van der Waals surface area contributed by atoms with Gasteiger partial charge < -0.3 is 0 Å².